The Labute approximate surface area is 100 Å². The Morgan fingerprint density at radius 2 is 2.18 bits per heavy atom. The van der Waals surface area contributed by atoms with Crippen molar-refractivity contribution in [3.8, 4) is 0 Å². The Hall–Kier alpha value is -1.30. The molecule has 1 aliphatic rings. The summed E-state index contributed by atoms with van der Waals surface area (Å²) in [6.07, 6.45) is 0.490. The summed E-state index contributed by atoms with van der Waals surface area (Å²) in [6, 6.07) is 1.39. The first-order chi connectivity index (χ1) is 7.87. The number of amides is 1. The molecule has 0 aromatic carbocycles. The largest absolute Gasteiger partial charge is 0.466 e. The van der Waals surface area contributed by atoms with E-state index in [2.05, 4.69) is 5.32 Å². The maximum absolute atomic E-state index is 11.9. The first-order valence-corrected chi connectivity index (χ1v) is 7.28. The van der Waals surface area contributed by atoms with Crippen LogP contribution in [0.15, 0.2) is 10.5 Å². The molecule has 1 aromatic rings. The molecular weight excluding hydrogens is 242 g/mol. The summed E-state index contributed by atoms with van der Waals surface area (Å²) in [5, 5.41) is 2.73. The van der Waals surface area contributed by atoms with Crippen LogP contribution in [-0.4, -0.2) is 31.9 Å². The van der Waals surface area contributed by atoms with E-state index in [1.54, 1.807) is 19.9 Å². The van der Waals surface area contributed by atoms with Gasteiger partial charge >= 0.3 is 0 Å². The zero-order chi connectivity index (χ0) is 12.6. The molecule has 0 bridgehead atoms. The number of hydrogen-bond donors (Lipinski definition) is 1. The quantitative estimate of drug-likeness (QED) is 0.850. The smallest absolute Gasteiger partial charge is 0.255 e. The van der Waals surface area contributed by atoms with Gasteiger partial charge in [0.1, 0.15) is 11.5 Å². The molecule has 1 N–H and O–H groups in total. The van der Waals surface area contributed by atoms with Crippen LogP contribution < -0.4 is 5.32 Å². The summed E-state index contributed by atoms with van der Waals surface area (Å²) < 4.78 is 27.8. The van der Waals surface area contributed by atoms with E-state index >= 15 is 0 Å². The third kappa shape index (κ3) is 2.69. The number of furan rings is 1. The lowest BCUT2D eigenvalue weighted by Crippen LogP contribution is -2.35. The first-order valence-electron chi connectivity index (χ1n) is 5.46. The molecule has 17 heavy (non-hydrogen) atoms. The van der Waals surface area contributed by atoms with E-state index in [1.165, 1.54) is 0 Å². The van der Waals surface area contributed by atoms with Crippen LogP contribution in [0.2, 0.25) is 0 Å². The fourth-order valence-electron chi connectivity index (χ4n) is 2.03. The van der Waals surface area contributed by atoms with Gasteiger partial charge in [0, 0.05) is 6.04 Å². The summed E-state index contributed by atoms with van der Waals surface area (Å²) in [4.78, 5) is 11.9. The SMILES string of the molecule is Cc1cc(C(=O)NC2CCS(=O)(=O)C2)c(C)o1. The fourth-order valence-corrected chi connectivity index (χ4v) is 3.70. The number of carbonyl (C=O) groups excluding carboxylic acids is 1. The third-order valence-electron chi connectivity index (χ3n) is 2.85. The Balaban J connectivity index is 2.06. The molecule has 2 rings (SSSR count). The monoisotopic (exact) mass is 257 g/mol. The molecule has 1 atom stereocenters. The highest BCUT2D eigenvalue weighted by Crippen LogP contribution is 2.16. The Bertz CT molecular complexity index is 544. The van der Waals surface area contributed by atoms with Crippen LogP contribution in [0, 0.1) is 13.8 Å². The van der Waals surface area contributed by atoms with E-state index in [9.17, 15) is 13.2 Å². The molecule has 1 amide bonds. The van der Waals surface area contributed by atoms with E-state index in [-0.39, 0.29) is 23.5 Å². The second-order valence-electron chi connectivity index (χ2n) is 4.40. The molecule has 6 heteroatoms. The molecule has 94 valence electrons. The molecule has 1 aliphatic heterocycles. The predicted octanol–water partition coefficient (Wildman–Crippen LogP) is 0.813. The van der Waals surface area contributed by atoms with Crippen molar-refractivity contribution in [3.05, 3.63) is 23.2 Å². The number of rotatable bonds is 2. The Morgan fingerprint density at radius 1 is 1.47 bits per heavy atom. The number of carbonyl (C=O) groups is 1. The highest BCUT2D eigenvalue weighted by Gasteiger charge is 2.29. The van der Waals surface area contributed by atoms with E-state index in [0.717, 1.165) is 0 Å². The van der Waals surface area contributed by atoms with Crippen LogP contribution in [0.3, 0.4) is 0 Å². The summed E-state index contributed by atoms with van der Waals surface area (Å²) in [7, 11) is -2.97. The highest BCUT2D eigenvalue weighted by molar-refractivity contribution is 7.91. The zero-order valence-electron chi connectivity index (χ0n) is 9.82. The first kappa shape index (κ1) is 12.2. The summed E-state index contributed by atoms with van der Waals surface area (Å²) in [5.74, 6) is 1.16. The van der Waals surface area contributed by atoms with Gasteiger partial charge in [0.15, 0.2) is 9.84 Å². The lowest BCUT2D eigenvalue weighted by Gasteiger charge is -2.09. The fraction of sp³-hybridized carbons (Fsp3) is 0.545. The van der Waals surface area contributed by atoms with Crippen molar-refractivity contribution in [1.82, 2.24) is 5.32 Å². The van der Waals surface area contributed by atoms with Gasteiger partial charge in [0.05, 0.1) is 17.1 Å². The molecule has 1 fully saturated rings. The van der Waals surface area contributed by atoms with Crippen LogP contribution >= 0.6 is 0 Å². The Morgan fingerprint density at radius 3 is 2.65 bits per heavy atom. The van der Waals surface area contributed by atoms with Gasteiger partial charge in [0.2, 0.25) is 0 Å². The van der Waals surface area contributed by atoms with Crippen molar-refractivity contribution in [1.29, 1.82) is 0 Å². The van der Waals surface area contributed by atoms with Crippen molar-refractivity contribution in [2.75, 3.05) is 11.5 Å². The Kier molecular flexibility index (Phi) is 2.99. The van der Waals surface area contributed by atoms with E-state index < -0.39 is 9.84 Å². The highest BCUT2D eigenvalue weighted by atomic mass is 32.2. The van der Waals surface area contributed by atoms with E-state index in [0.29, 0.717) is 23.5 Å². The van der Waals surface area contributed by atoms with Crippen LogP contribution in [0.5, 0.6) is 0 Å². The second kappa shape index (κ2) is 4.18. The van der Waals surface area contributed by atoms with Gasteiger partial charge in [-0.25, -0.2) is 8.42 Å². The molecule has 0 radical (unpaired) electrons. The van der Waals surface area contributed by atoms with Gasteiger partial charge in [-0.1, -0.05) is 0 Å². The predicted molar refractivity (Wildman–Crippen MR) is 62.7 cm³/mol. The van der Waals surface area contributed by atoms with Gasteiger partial charge in [-0.15, -0.1) is 0 Å². The molecule has 2 heterocycles. The third-order valence-corrected chi connectivity index (χ3v) is 4.62. The van der Waals surface area contributed by atoms with Crippen LogP contribution in [0.25, 0.3) is 0 Å². The lowest BCUT2D eigenvalue weighted by molar-refractivity contribution is 0.0939. The summed E-state index contributed by atoms with van der Waals surface area (Å²) in [6.45, 7) is 3.48. The van der Waals surface area contributed by atoms with Crippen molar-refractivity contribution < 1.29 is 17.6 Å². The minimum Gasteiger partial charge on any atom is -0.466 e. The maximum Gasteiger partial charge on any atom is 0.255 e. The standard InChI is InChI=1S/C11H15NO4S/c1-7-5-10(8(2)16-7)11(13)12-9-3-4-17(14,15)6-9/h5,9H,3-4,6H2,1-2H3,(H,12,13). The molecular formula is C11H15NO4S. The molecule has 1 unspecified atom stereocenters. The molecule has 0 spiro atoms. The van der Waals surface area contributed by atoms with Crippen molar-refractivity contribution in [2.45, 2.75) is 26.3 Å². The van der Waals surface area contributed by atoms with Crippen molar-refractivity contribution in [3.63, 3.8) is 0 Å². The van der Waals surface area contributed by atoms with Crippen LogP contribution in [-0.2, 0) is 9.84 Å². The minimum atomic E-state index is -2.97. The minimum absolute atomic E-state index is 0.0363. The number of sulfone groups is 1. The average molecular weight is 257 g/mol. The van der Waals surface area contributed by atoms with Gasteiger partial charge in [0.25, 0.3) is 5.91 Å². The van der Waals surface area contributed by atoms with Crippen molar-refractivity contribution >= 4 is 15.7 Å². The van der Waals surface area contributed by atoms with Crippen LogP contribution in [0.4, 0.5) is 0 Å². The van der Waals surface area contributed by atoms with Gasteiger partial charge < -0.3 is 9.73 Å². The maximum atomic E-state index is 11.9. The number of hydrogen-bond acceptors (Lipinski definition) is 4. The average Bonchev–Trinajstić information content (AvgIpc) is 2.69. The zero-order valence-corrected chi connectivity index (χ0v) is 10.6. The van der Waals surface area contributed by atoms with Crippen LogP contribution in [0.1, 0.15) is 28.3 Å². The van der Waals surface area contributed by atoms with Gasteiger partial charge in [-0.05, 0) is 26.3 Å². The van der Waals surface area contributed by atoms with E-state index in [4.69, 9.17) is 4.42 Å². The summed E-state index contributed by atoms with van der Waals surface area (Å²) >= 11 is 0. The van der Waals surface area contributed by atoms with Gasteiger partial charge in [-0.2, -0.15) is 0 Å². The van der Waals surface area contributed by atoms with Crippen molar-refractivity contribution in [2.24, 2.45) is 0 Å². The topological polar surface area (TPSA) is 76.4 Å². The second-order valence-corrected chi connectivity index (χ2v) is 6.63. The molecule has 1 saturated heterocycles. The molecule has 1 aromatic heterocycles. The van der Waals surface area contributed by atoms with Gasteiger partial charge in [-0.3, -0.25) is 4.79 Å². The molecule has 0 saturated carbocycles. The number of nitrogens with one attached hydrogen (secondary N) is 1. The molecule has 5 nitrogen and oxygen atoms in total. The normalized spacial score (nSPS) is 22.6. The summed E-state index contributed by atoms with van der Waals surface area (Å²) in [5.41, 5.74) is 0.479. The molecule has 0 aliphatic carbocycles. The lowest BCUT2D eigenvalue weighted by atomic mass is 10.2. The number of aryl methyl sites for hydroxylation is 2. The van der Waals surface area contributed by atoms with E-state index in [1.807, 2.05) is 0 Å².